The molecule has 0 spiro atoms. The highest BCUT2D eigenvalue weighted by molar-refractivity contribution is 9.10. The van der Waals surface area contributed by atoms with Crippen molar-refractivity contribution >= 4 is 65.7 Å². The van der Waals surface area contributed by atoms with Gasteiger partial charge in [0, 0.05) is 5.41 Å². The van der Waals surface area contributed by atoms with Crippen molar-refractivity contribution in [2.45, 2.75) is 48.6 Å². The van der Waals surface area contributed by atoms with Gasteiger partial charge >= 0.3 is 17.9 Å². The first-order valence-corrected chi connectivity index (χ1v) is 10.4. The Balaban J connectivity index is -0.000000133. The second kappa shape index (κ2) is 20.5. The number of carboxylic acids is 3. The smallest absolute Gasteiger partial charge is 0.316 e. The van der Waals surface area contributed by atoms with E-state index in [9.17, 15) is 14.4 Å². The summed E-state index contributed by atoms with van der Waals surface area (Å²) in [5, 5.41) is 49.8. The molecule has 3 unspecified atom stereocenters. The summed E-state index contributed by atoms with van der Waals surface area (Å²) in [6.07, 6.45) is 0.594. The van der Waals surface area contributed by atoms with Crippen LogP contribution in [0.5, 0.6) is 0 Å². The van der Waals surface area contributed by atoms with Crippen molar-refractivity contribution in [2.75, 3.05) is 19.8 Å². The summed E-state index contributed by atoms with van der Waals surface area (Å²) in [4.78, 5) is 27.7. The molecule has 27 heavy (non-hydrogen) atoms. The molecule has 0 saturated carbocycles. The van der Waals surface area contributed by atoms with Crippen molar-refractivity contribution in [3.05, 3.63) is 0 Å². The number of alkyl halides is 3. The van der Waals surface area contributed by atoms with Crippen molar-refractivity contribution in [1.29, 1.82) is 0 Å². The Morgan fingerprint density at radius 2 is 0.852 bits per heavy atom. The lowest BCUT2D eigenvalue weighted by Gasteiger charge is -2.24. The van der Waals surface area contributed by atoms with Crippen LogP contribution in [0.3, 0.4) is 0 Å². The van der Waals surface area contributed by atoms with Gasteiger partial charge in [0.2, 0.25) is 0 Å². The molecule has 0 amide bonds. The molecule has 0 aliphatic carbocycles. The van der Waals surface area contributed by atoms with E-state index in [1.54, 1.807) is 20.8 Å². The second-order valence-corrected chi connectivity index (χ2v) is 9.31. The van der Waals surface area contributed by atoms with Gasteiger partial charge in [0.1, 0.15) is 14.5 Å². The fourth-order valence-corrected chi connectivity index (χ4v) is 0.485. The van der Waals surface area contributed by atoms with E-state index in [-0.39, 0.29) is 19.8 Å². The van der Waals surface area contributed by atoms with Crippen LogP contribution in [0.25, 0.3) is 0 Å². The molecular weight excluding hydrogens is 564 g/mol. The summed E-state index contributed by atoms with van der Waals surface area (Å²) >= 11 is 8.52. The molecule has 0 aromatic heterocycles. The molecule has 0 saturated heterocycles. The van der Waals surface area contributed by atoms with E-state index in [1.807, 2.05) is 6.92 Å². The lowest BCUT2D eigenvalue weighted by molar-refractivity contribution is -0.136. The van der Waals surface area contributed by atoms with Gasteiger partial charge in [-0.3, -0.25) is 14.4 Å². The van der Waals surface area contributed by atoms with Gasteiger partial charge < -0.3 is 30.6 Å². The van der Waals surface area contributed by atoms with E-state index in [1.165, 1.54) is 0 Å². The van der Waals surface area contributed by atoms with Crippen molar-refractivity contribution in [1.82, 2.24) is 0 Å². The first-order valence-electron chi connectivity index (χ1n) is 7.61. The lowest BCUT2D eigenvalue weighted by Crippen LogP contribution is -2.32. The zero-order valence-corrected chi connectivity index (χ0v) is 20.4. The van der Waals surface area contributed by atoms with Crippen LogP contribution in [0.4, 0.5) is 0 Å². The Labute approximate surface area is 184 Å². The third-order valence-corrected chi connectivity index (χ3v) is 3.95. The number of aliphatic hydroxyl groups excluding tert-OH is 3. The van der Waals surface area contributed by atoms with Crippen LogP contribution in [0, 0.1) is 5.41 Å². The predicted octanol–water partition coefficient (Wildman–Crippen LogP) is 1.92. The molecule has 0 aromatic rings. The van der Waals surface area contributed by atoms with Crippen molar-refractivity contribution in [3.8, 4) is 0 Å². The molecule has 0 radical (unpaired) electrons. The van der Waals surface area contributed by atoms with Crippen molar-refractivity contribution < 1.29 is 45.0 Å². The predicted molar refractivity (Wildman–Crippen MR) is 112 cm³/mol. The Morgan fingerprint density at radius 3 is 0.852 bits per heavy atom. The molecular formula is C15H29Br3O9. The van der Waals surface area contributed by atoms with Gasteiger partial charge in [-0.25, -0.2) is 0 Å². The Bertz CT molecular complexity index is 338. The zero-order chi connectivity index (χ0) is 22.8. The molecule has 0 aromatic carbocycles. The maximum Gasteiger partial charge on any atom is 0.316 e. The van der Waals surface area contributed by atoms with Crippen molar-refractivity contribution in [2.24, 2.45) is 5.41 Å². The molecule has 0 aliphatic heterocycles. The molecule has 6 N–H and O–H groups in total. The summed E-state index contributed by atoms with van der Waals surface area (Å²) < 4.78 is 0. The average molecular weight is 593 g/mol. The summed E-state index contributed by atoms with van der Waals surface area (Å²) in [7, 11) is 0. The summed E-state index contributed by atoms with van der Waals surface area (Å²) in [5.74, 6) is -2.47. The number of halogens is 3. The molecule has 0 rings (SSSR count). The highest BCUT2D eigenvalue weighted by Crippen LogP contribution is 2.18. The van der Waals surface area contributed by atoms with E-state index in [4.69, 9.17) is 30.6 Å². The fraction of sp³-hybridized carbons (Fsp3) is 0.800. The van der Waals surface area contributed by atoms with Gasteiger partial charge in [0.25, 0.3) is 0 Å². The molecule has 12 heteroatoms. The summed E-state index contributed by atoms with van der Waals surface area (Å²) in [6.45, 7) is 6.03. The number of hydrogen-bond acceptors (Lipinski definition) is 6. The number of aliphatic carboxylic acids is 3. The molecule has 164 valence electrons. The standard InChI is InChI=1S/C6H14O3.3C3H5BrO2/c1-2-6(3-7,4-8)5-9;3*1-2(4)3(5)6/h7-9H,2-5H2,1H3;3*2H,1H3,(H,5,6). The highest BCUT2D eigenvalue weighted by atomic mass is 79.9. The normalized spacial score (nSPS) is 13.1. The molecule has 9 nitrogen and oxygen atoms in total. The number of aliphatic hydroxyl groups is 3. The SMILES string of the molecule is CC(Br)C(=O)O.CC(Br)C(=O)O.CC(Br)C(=O)O.CCC(CO)(CO)CO. The van der Waals surface area contributed by atoms with Crippen LogP contribution in [0.15, 0.2) is 0 Å². The Hall–Kier alpha value is -0.270. The summed E-state index contributed by atoms with van der Waals surface area (Å²) in [5.41, 5.74) is -0.667. The molecule has 3 atom stereocenters. The number of carboxylic acid groups (broad SMARTS) is 3. The van der Waals surface area contributed by atoms with Crippen LogP contribution in [-0.4, -0.2) is 82.8 Å². The number of hydrogen-bond donors (Lipinski definition) is 6. The van der Waals surface area contributed by atoms with Gasteiger partial charge in [-0.15, -0.1) is 0 Å². The average Bonchev–Trinajstić information content (AvgIpc) is 2.58. The van der Waals surface area contributed by atoms with Crippen molar-refractivity contribution in [3.63, 3.8) is 0 Å². The van der Waals surface area contributed by atoms with Gasteiger partial charge in [0.05, 0.1) is 19.8 Å². The monoisotopic (exact) mass is 590 g/mol. The largest absolute Gasteiger partial charge is 0.480 e. The first kappa shape index (κ1) is 34.3. The van der Waals surface area contributed by atoms with Gasteiger partial charge in [-0.1, -0.05) is 54.7 Å². The van der Waals surface area contributed by atoms with Crippen LogP contribution in [0.1, 0.15) is 34.1 Å². The van der Waals surface area contributed by atoms with Gasteiger partial charge in [0.15, 0.2) is 0 Å². The third-order valence-electron chi connectivity index (χ3n) is 2.78. The molecule has 0 bridgehead atoms. The maximum atomic E-state index is 9.65. The molecule has 0 aliphatic rings. The molecule has 0 fully saturated rings. The van der Waals surface area contributed by atoms with Crippen LogP contribution in [0.2, 0.25) is 0 Å². The minimum atomic E-state index is -0.824. The lowest BCUT2D eigenvalue weighted by atomic mass is 9.88. The quantitative estimate of drug-likeness (QED) is 0.241. The van der Waals surface area contributed by atoms with Crippen LogP contribution >= 0.6 is 47.8 Å². The maximum absolute atomic E-state index is 9.65. The second-order valence-electron chi connectivity index (χ2n) is 5.19. The van der Waals surface area contributed by atoms with Gasteiger partial charge in [-0.05, 0) is 27.2 Å². The number of carbonyl (C=O) groups is 3. The van der Waals surface area contributed by atoms with E-state index < -0.39 is 37.8 Å². The van der Waals surface area contributed by atoms with Crippen LogP contribution in [-0.2, 0) is 14.4 Å². The highest BCUT2D eigenvalue weighted by Gasteiger charge is 2.24. The Kier molecular flexibility index (Phi) is 26.0. The van der Waals surface area contributed by atoms with E-state index in [2.05, 4.69) is 47.8 Å². The molecule has 0 heterocycles. The van der Waals surface area contributed by atoms with E-state index in [0.29, 0.717) is 6.42 Å². The van der Waals surface area contributed by atoms with Crippen LogP contribution < -0.4 is 0 Å². The van der Waals surface area contributed by atoms with E-state index >= 15 is 0 Å². The minimum absolute atomic E-state index is 0.156. The summed E-state index contributed by atoms with van der Waals surface area (Å²) in [6, 6.07) is 0. The zero-order valence-electron chi connectivity index (χ0n) is 15.6. The van der Waals surface area contributed by atoms with Gasteiger partial charge in [-0.2, -0.15) is 0 Å². The topological polar surface area (TPSA) is 173 Å². The van der Waals surface area contributed by atoms with E-state index in [0.717, 1.165) is 0 Å². The Morgan fingerprint density at radius 1 is 0.704 bits per heavy atom. The first-order chi connectivity index (χ1) is 12.2. The minimum Gasteiger partial charge on any atom is -0.480 e. The fourth-order valence-electron chi connectivity index (χ4n) is 0.485. The number of rotatable bonds is 7. The third kappa shape index (κ3) is 25.7.